The van der Waals surface area contributed by atoms with E-state index >= 15 is 0 Å². The van der Waals surface area contributed by atoms with E-state index in [1.165, 1.54) is 31.3 Å². The zero-order valence-corrected chi connectivity index (χ0v) is 13.1. The number of carbonyl (C=O) groups excluding carboxylic acids is 2. The molecule has 1 aromatic rings. The molecule has 0 saturated heterocycles. The standard InChI is InChI=1S/C15H20F2N2O4/c1-19(10-13(20)18-8-5-9-22-2)14(21)11-6-3-4-7-12(11)23-15(16)17/h3-4,6-7,15H,5,8-10H2,1-2H3,(H,18,20). The maximum Gasteiger partial charge on any atom is 0.387 e. The van der Waals surface area contributed by atoms with E-state index in [-0.39, 0.29) is 23.8 Å². The van der Waals surface area contributed by atoms with E-state index in [9.17, 15) is 18.4 Å². The maximum absolute atomic E-state index is 12.4. The molecule has 0 fully saturated rings. The van der Waals surface area contributed by atoms with Crippen LogP contribution in [0.5, 0.6) is 5.75 Å². The molecule has 0 aliphatic rings. The van der Waals surface area contributed by atoms with E-state index in [0.29, 0.717) is 19.6 Å². The minimum absolute atomic E-state index is 0.0255. The average molecular weight is 330 g/mol. The lowest BCUT2D eigenvalue weighted by Crippen LogP contribution is -2.39. The number of alkyl halides is 2. The fourth-order valence-corrected chi connectivity index (χ4v) is 1.84. The number of amides is 2. The van der Waals surface area contributed by atoms with Crippen LogP contribution in [0.2, 0.25) is 0 Å². The molecule has 2 amide bonds. The van der Waals surface area contributed by atoms with Crippen molar-refractivity contribution in [3.8, 4) is 5.75 Å². The fraction of sp³-hybridized carbons (Fsp3) is 0.467. The van der Waals surface area contributed by atoms with E-state index in [4.69, 9.17) is 4.74 Å². The fourth-order valence-electron chi connectivity index (χ4n) is 1.84. The Bertz CT molecular complexity index is 526. The SMILES string of the molecule is COCCCNC(=O)CN(C)C(=O)c1ccccc1OC(F)F. The minimum atomic E-state index is -3.03. The summed E-state index contributed by atoms with van der Waals surface area (Å²) < 4.78 is 33.9. The molecule has 1 rings (SSSR count). The van der Waals surface area contributed by atoms with Gasteiger partial charge in [0.05, 0.1) is 12.1 Å². The molecule has 6 nitrogen and oxygen atoms in total. The van der Waals surface area contributed by atoms with Gasteiger partial charge in [0, 0.05) is 27.3 Å². The summed E-state index contributed by atoms with van der Waals surface area (Å²) in [5, 5.41) is 2.64. The summed E-state index contributed by atoms with van der Waals surface area (Å²) in [6.07, 6.45) is 0.658. The van der Waals surface area contributed by atoms with E-state index < -0.39 is 12.5 Å². The molecule has 0 bridgehead atoms. The molecular weight excluding hydrogens is 310 g/mol. The first-order valence-electron chi connectivity index (χ1n) is 7.00. The lowest BCUT2D eigenvalue weighted by atomic mass is 10.2. The van der Waals surface area contributed by atoms with Crippen LogP contribution in [-0.4, -0.2) is 57.2 Å². The van der Waals surface area contributed by atoms with Crippen LogP contribution < -0.4 is 10.1 Å². The van der Waals surface area contributed by atoms with Gasteiger partial charge in [0.25, 0.3) is 5.91 Å². The normalized spacial score (nSPS) is 10.5. The summed E-state index contributed by atoms with van der Waals surface area (Å²) in [7, 11) is 2.98. The minimum Gasteiger partial charge on any atom is -0.434 e. The van der Waals surface area contributed by atoms with Crippen LogP contribution in [0.3, 0.4) is 0 Å². The second-order valence-electron chi connectivity index (χ2n) is 4.73. The van der Waals surface area contributed by atoms with Gasteiger partial charge in [-0.2, -0.15) is 8.78 Å². The number of nitrogens with zero attached hydrogens (tertiary/aromatic N) is 1. The van der Waals surface area contributed by atoms with E-state index in [1.807, 2.05) is 0 Å². The number of rotatable bonds is 9. The summed E-state index contributed by atoms with van der Waals surface area (Å²) in [4.78, 5) is 25.1. The monoisotopic (exact) mass is 330 g/mol. The molecule has 1 aromatic carbocycles. The second-order valence-corrected chi connectivity index (χ2v) is 4.73. The summed E-state index contributed by atoms with van der Waals surface area (Å²) in [6.45, 7) is -2.26. The van der Waals surface area contributed by atoms with Crippen LogP contribution in [0.4, 0.5) is 8.78 Å². The lowest BCUT2D eigenvalue weighted by Gasteiger charge is -2.18. The van der Waals surface area contributed by atoms with Crippen LogP contribution in [0.25, 0.3) is 0 Å². The van der Waals surface area contributed by atoms with E-state index in [0.717, 1.165) is 4.90 Å². The highest BCUT2D eigenvalue weighted by atomic mass is 19.3. The van der Waals surface area contributed by atoms with Gasteiger partial charge in [-0.05, 0) is 18.6 Å². The molecule has 0 saturated carbocycles. The van der Waals surface area contributed by atoms with Crippen molar-refractivity contribution in [1.82, 2.24) is 10.2 Å². The van der Waals surface area contributed by atoms with Crippen molar-refractivity contribution < 1.29 is 27.8 Å². The number of benzene rings is 1. The number of halogens is 2. The van der Waals surface area contributed by atoms with Gasteiger partial charge in [-0.15, -0.1) is 0 Å². The summed E-state index contributed by atoms with van der Waals surface area (Å²) >= 11 is 0. The zero-order valence-electron chi connectivity index (χ0n) is 13.1. The molecule has 1 N–H and O–H groups in total. The quantitative estimate of drug-likeness (QED) is 0.697. The third kappa shape index (κ3) is 6.60. The number of carbonyl (C=O) groups is 2. The molecule has 8 heteroatoms. The Kier molecular flexibility index (Phi) is 7.96. The Balaban J connectivity index is 2.61. The van der Waals surface area contributed by atoms with Crippen molar-refractivity contribution in [2.75, 3.05) is 33.9 Å². The third-order valence-corrected chi connectivity index (χ3v) is 2.91. The number of hydrogen-bond donors (Lipinski definition) is 1. The van der Waals surface area contributed by atoms with Crippen molar-refractivity contribution in [2.45, 2.75) is 13.0 Å². The first-order chi connectivity index (χ1) is 11.0. The highest BCUT2D eigenvalue weighted by molar-refractivity contribution is 5.98. The van der Waals surface area contributed by atoms with Crippen molar-refractivity contribution in [2.24, 2.45) is 0 Å². The molecule has 0 spiro atoms. The predicted octanol–water partition coefficient (Wildman–Crippen LogP) is 1.51. The molecule has 0 aromatic heterocycles. The molecule has 0 aliphatic heterocycles. The van der Waals surface area contributed by atoms with Gasteiger partial charge in [0.1, 0.15) is 5.75 Å². The van der Waals surface area contributed by atoms with Gasteiger partial charge in [-0.25, -0.2) is 0 Å². The van der Waals surface area contributed by atoms with Crippen molar-refractivity contribution >= 4 is 11.8 Å². The number of para-hydroxylation sites is 1. The Morgan fingerprint density at radius 2 is 2.00 bits per heavy atom. The smallest absolute Gasteiger partial charge is 0.387 e. The van der Waals surface area contributed by atoms with Gasteiger partial charge in [0.2, 0.25) is 5.91 Å². The molecule has 0 heterocycles. The number of ether oxygens (including phenoxy) is 2. The maximum atomic E-state index is 12.4. The average Bonchev–Trinajstić information content (AvgIpc) is 2.51. The number of likely N-dealkylation sites (N-methyl/N-ethyl adjacent to an activating group) is 1. The predicted molar refractivity (Wildman–Crippen MR) is 79.5 cm³/mol. The molecule has 0 atom stereocenters. The van der Waals surface area contributed by atoms with E-state index in [2.05, 4.69) is 10.1 Å². The Hall–Kier alpha value is -2.22. The van der Waals surface area contributed by atoms with Crippen LogP contribution in [-0.2, 0) is 9.53 Å². The van der Waals surface area contributed by atoms with Crippen molar-refractivity contribution in [3.63, 3.8) is 0 Å². The Morgan fingerprint density at radius 3 is 2.65 bits per heavy atom. The molecule has 0 aliphatic carbocycles. The Labute approximate surface area is 133 Å². The molecular formula is C15H20F2N2O4. The summed E-state index contributed by atoms with van der Waals surface area (Å²) in [5.41, 5.74) is -0.0255. The number of hydrogen-bond acceptors (Lipinski definition) is 4. The van der Waals surface area contributed by atoms with Crippen LogP contribution >= 0.6 is 0 Å². The van der Waals surface area contributed by atoms with Crippen LogP contribution in [0, 0.1) is 0 Å². The van der Waals surface area contributed by atoms with Crippen molar-refractivity contribution in [3.05, 3.63) is 29.8 Å². The van der Waals surface area contributed by atoms with Gasteiger partial charge in [0.15, 0.2) is 0 Å². The third-order valence-electron chi connectivity index (χ3n) is 2.91. The van der Waals surface area contributed by atoms with Crippen molar-refractivity contribution in [1.29, 1.82) is 0 Å². The Morgan fingerprint density at radius 1 is 1.30 bits per heavy atom. The van der Waals surface area contributed by atoms with Gasteiger partial charge >= 0.3 is 6.61 Å². The molecule has 23 heavy (non-hydrogen) atoms. The summed E-state index contributed by atoms with van der Waals surface area (Å²) in [5.74, 6) is -1.14. The molecule has 128 valence electrons. The largest absolute Gasteiger partial charge is 0.434 e. The molecule has 0 radical (unpaired) electrons. The van der Waals surface area contributed by atoms with Crippen LogP contribution in [0.15, 0.2) is 24.3 Å². The topological polar surface area (TPSA) is 67.9 Å². The molecule has 0 unspecified atom stereocenters. The number of nitrogens with one attached hydrogen (secondary N) is 1. The first kappa shape index (κ1) is 18.8. The lowest BCUT2D eigenvalue weighted by molar-refractivity contribution is -0.121. The summed E-state index contributed by atoms with van der Waals surface area (Å²) in [6, 6.07) is 5.66. The highest BCUT2D eigenvalue weighted by Crippen LogP contribution is 2.21. The van der Waals surface area contributed by atoms with Gasteiger partial charge in [-0.3, -0.25) is 9.59 Å². The van der Waals surface area contributed by atoms with E-state index in [1.54, 1.807) is 7.11 Å². The van der Waals surface area contributed by atoms with Gasteiger partial charge < -0.3 is 19.7 Å². The van der Waals surface area contributed by atoms with Gasteiger partial charge in [-0.1, -0.05) is 12.1 Å². The zero-order chi connectivity index (χ0) is 17.2. The second kappa shape index (κ2) is 9.73. The number of methoxy groups -OCH3 is 1. The van der Waals surface area contributed by atoms with Crippen LogP contribution in [0.1, 0.15) is 16.8 Å². The highest BCUT2D eigenvalue weighted by Gasteiger charge is 2.20. The first-order valence-corrected chi connectivity index (χ1v) is 7.00.